The fourth-order valence-electron chi connectivity index (χ4n) is 14.5. The van der Waals surface area contributed by atoms with E-state index in [1.54, 1.807) is 0 Å². The lowest BCUT2D eigenvalue weighted by molar-refractivity contribution is -0.654. The Hall–Kier alpha value is -5.52. The highest BCUT2D eigenvalue weighted by atomic mass is 16.6. The number of rotatable bonds is 15. The smallest absolute Gasteiger partial charge is 0.351 e. The van der Waals surface area contributed by atoms with Crippen LogP contribution in [0.2, 0.25) is 0 Å². The number of imidazole rings is 3. The zero-order valence-corrected chi connectivity index (χ0v) is 53.2. The molecule has 3 aliphatic rings. The van der Waals surface area contributed by atoms with Crippen LogP contribution in [0.25, 0.3) is 33.1 Å². The summed E-state index contributed by atoms with van der Waals surface area (Å²) in [5, 5.41) is 0. The minimum Gasteiger partial charge on any atom is -0.459 e. The van der Waals surface area contributed by atoms with Crippen molar-refractivity contribution in [2.24, 2.45) is 74.4 Å². The van der Waals surface area contributed by atoms with E-state index >= 15 is 0 Å². The van der Waals surface area contributed by atoms with Gasteiger partial charge in [-0.1, -0.05) is 139 Å². The fourth-order valence-corrected chi connectivity index (χ4v) is 14.5. The minimum atomic E-state index is -0.323. The average Bonchev–Trinajstić information content (AvgIpc) is 4.02. The van der Waals surface area contributed by atoms with E-state index in [-0.39, 0.29) is 54.3 Å². The molecule has 6 aromatic rings. The Kier molecular flexibility index (Phi) is 21.6. The van der Waals surface area contributed by atoms with Crippen molar-refractivity contribution >= 4 is 51.0 Å². The van der Waals surface area contributed by atoms with Gasteiger partial charge in [-0.05, 0) is 149 Å². The molecule has 3 saturated carbocycles. The van der Waals surface area contributed by atoms with Gasteiger partial charge in [0.2, 0.25) is 0 Å². The lowest BCUT2D eigenvalue weighted by atomic mass is 9.75. The second-order valence-corrected chi connectivity index (χ2v) is 26.0. The van der Waals surface area contributed by atoms with Gasteiger partial charge in [-0.25, -0.2) is 41.8 Å². The highest BCUT2D eigenvalue weighted by molar-refractivity contribution is 5.81. The van der Waals surface area contributed by atoms with Crippen LogP contribution in [-0.2, 0) is 69.0 Å². The van der Waals surface area contributed by atoms with E-state index in [0.29, 0.717) is 53.3 Å². The van der Waals surface area contributed by atoms with Crippen LogP contribution in [0.4, 0.5) is 0 Å². The van der Waals surface area contributed by atoms with Gasteiger partial charge in [0, 0.05) is 19.3 Å². The minimum absolute atomic E-state index is 0.0457. The van der Waals surface area contributed by atoms with Crippen molar-refractivity contribution < 1.29 is 42.3 Å². The summed E-state index contributed by atoms with van der Waals surface area (Å²) in [6.07, 6.45) is 12.9. The van der Waals surface area contributed by atoms with Crippen LogP contribution < -0.4 is 13.7 Å². The summed E-state index contributed by atoms with van der Waals surface area (Å²) in [4.78, 5) is 39.5. The number of carbonyl (C=O) groups is 3. The molecular weight excluding hydrogens is 1010 g/mol. The van der Waals surface area contributed by atoms with Gasteiger partial charge in [0.1, 0.15) is 18.3 Å². The molecule has 12 heteroatoms. The predicted octanol–water partition coefficient (Wildman–Crippen LogP) is 13.8. The third-order valence-corrected chi connectivity index (χ3v) is 19.3. The highest BCUT2D eigenvalue weighted by Gasteiger charge is 2.41. The number of aromatic nitrogens is 6. The van der Waals surface area contributed by atoms with Crippen LogP contribution in [0.15, 0.2) is 72.8 Å². The van der Waals surface area contributed by atoms with Crippen molar-refractivity contribution in [3.8, 4) is 0 Å². The van der Waals surface area contributed by atoms with E-state index < -0.39 is 0 Å². The van der Waals surface area contributed by atoms with Gasteiger partial charge >= 0.3 is 17.9 Å². The standard InChI is InChI=1S/3C23H35N2O2/c3*1-7-22-24(6)19-10-8-9-11-20(19)25(22)17(5)23(26)27-21-14-16(4)12-13-18(21)15(2)3/h3*8-11,15-18,21H,7,12-14H2,1-6H3/q3*+1/t2*16-,17+,18+,21?;16-,17-,18+,21?/m101/s1. The lowest BCUT2D eigenvalue weighted by Crippen LogP contribution is -2.38. The molecule has 12 atom stereocenters. The summed E-state index contributed by atoms with van der Waals surface area (Å²) in [7, 11) is 6.23. The first-order chi connectivity index (χ1) is 38.5. The van der Waals surface area contributed by atoms with Gasteiger partial charge in [-0.15, -0.1) is 0 Å². The van der Waals surface area contributed by atoms with E-state index in [1.807, 2.05) is 57.2 Å². The molecule has 3 aliphatic carbocycles. The van der Waals surface area contributed by atoms with Crippen molar-refractivity contribution in [2.75, 3.05) is 0 Å². The third-order valence-electron chi connectivity index (χ3n) is 19.3. The SMILES string of the molecule is CCc1n([C@@H](C)C(=O)OC2C[C@H](C)CC[C@H]2C(C)C)c2ccccc2[n+]1C.CCc1n([C@H](C)C(=O)OC2C[C@@H](C)CC[C@@H]2C(C)C)c2ccccc2[n+]1C.CCc1n([C@H](C)C(=O)OC2C[C@H](C)CC[C@H]2C(C)C)c2ccccc2[n+]1C. The number of carbonyl (C=O) groups excluding carboxylic acids is 3. The summed E-state index contributed by atoms with van der Waals surface area (Å²) in [5.41, 5.74) is 6.75. The number of hydrogen-bond acceptors (Lipinski definition) is 6. The highest BCUT2D eigenvalue weighted by Crippen LogP contribution is 2.39. The second-order valence-electron chi connectivity index (χ2n) is 26.0. The van der Waals surface area contributed by atoms with Gasteiger partial charge < -0.3 is 14.2 Å². The molecular formula is C69H105N6O6+3. The molecule has 9 rings (SSSR count). The maximum atomic E-state index is 13.2. The van der Waals surface area contributed by atoms with Crippen molar-refractivity contribution in [3.63, 3.8) is 0 Å². The van der Waals surface area contributed by atoms with Crippen LogP contribution in [0.3, 0.4) is 0 Å². The summed E-state index contributed by atoms with van der Waals surface area (Å²) in [6, 6.07) is 23.9. The van der Waals surface area contributed by atoms with Crippen LogP contribution in [0, 0.1) is 53.3 Å². The monoisotopic (exact) mass is 1110 g/mol. The Labute approximate surface area is 486 Å². The topological polar surface area (TPSA) is 105 Å². The first kappa shape index (κ1) is 63.1. The molecule has 0 spiro atoms. The normalized spacial score (nSPS) is 24.3. The molecule has 0 saturated heterocycles. The van der Waals surface area contributed by atoms with Gasteiger partial charge in [0.05, 0.1) is 21.1 Å². The van der Waals surface area contributed by atoms with E-state index in [1.165, 1.54) is 19.3 Å². The molecule has 12 nitrogen and oxygen atoms in total. The fraction of sp³-hybridized carbons (Fsp3) is 0.652. The Balaban J connectivity index is 0.000000175. The van der Waals surface area contributed by atoms with Gasteiger partial charge in [0.15, 0.2) is 51.2 Å². The zero-order valence-electron chi connectivity index (χ0n) is 53.2. The van der Waals surface area contributed by atoms with E-state index in [4.69, 9.17) is 14.2 Å². The molecule has 444 valence electrons. The largest absolute Gasteiger partial charge is 0.459 e. The Bertz CT molecular complexity index is 2750. The first-order valence-corrected chi connectivity index (χ1v) is 31.6. The van der Waals surface area contributed by atoms with Crippen LogP contribution >= 0.6 is 0 Å². The number of nitrogens with zero attached hydrogens (tertiary/aromatic N) is 6. The van der Waals surface area contributed by atoms with Crippen molar-refractivity contribution in [3.05, 3.63) is 90.3 Å². The molecule has 3 unspecified atom stereocenters. The number of benzene rings is 3. The Morgan fingerprint density at radius 2 is 0.654 bits per heavy atom. The molecule has 0 bridgehead atoms. The summed E-state index contributed by atoms with van der Waals surface area (Å²) >= 11 is 0. The maximum absolute atomic E-state index is 13.2. The van der Waals surface area contributed by atoms with E-state index in [9.17, 15) is 14.4 Å². The van der Waals surface area contributed by atoms with Gasteiger partial charge in [-0.2, -0.15) is 0 Å². The van der Waals surface area contributed by atoms with Gasteiger partial charge in [0.25, 0.3) is 17.5 Å². The van der Waals surface area contributed by atoms with Crippen molar-refractivity contribution in [2.45, 2.75) is 217 Å². The van der Waals surface area contributed by atoms with E-state index in [0.717, 1.165) is 108 Å². The molecule has 0 N–H and O–H groups in total. The maximum Gasteiger partial charge on any atom is 0.351 e. The first-order valence-electron chi connectivity index (χ1n) is 31.6. The van der Waals surface area contributed by atoms with Crippen LogP contribution in [-0.4, -0.2) is 49.9 Å². The predicted molar refractivity (Wildman–Crippen MR) is 325 cm³/mol. The molecule has 81 heavy (non-hydrogen) atoms. The molecule has 0 amide bonds. The Morgan fingerprint density at radius 1 is 0.420 bits per heavy atom. The average molecular weight is 1110 g/mol. The zero-order chi connectivity index (χ0) is 59.1. The molecule has 3 fully saturated rings. The third kappa shape index (κ3) is 13.8. The second kappa shape index (κ2) is 27.7. The summed E-state index contributed by atoms with van der Waals surface area (Å²) < 4.78 is 31.5. The molecule has 3 heterocycles. The molecule has 3 aromatic carbocycles. The summed E-state index contributed by atoms with van der Waals surface area (Å²) in [6.45, 7) is 32.7. The number of para-hydroxylation sites is 6. The molecule has 0 radical (unpaired) electrons. The van der Waals surface area contributed by atoms with Crippen molar-refractivity contribution in [1.82, 2.24) is 13.7 Å². The van der Waals surface area contributed by atoms with E-state index in [2.05, 4.69) is 168 Å². The Morgan fingerprint density at radius 3 is 0.877 bits per heavy atom. The van der Waals surface area contributed by atoms with Crippen LogP contribution in [0.1, 0.15) is 197 Å². The number of fused-ring (bicyclic) bond motifs is 3. The summed E-state index contributed by atoms with van der Waals surface area (Å²) in [5.74, 6) is 8.09. The van der Waals surface area contributed by atoms with Crippen molar-refractivity contribution in [1.29, 1.82) is 0 Å². The number of aryl methyl sites for hydroxylation is 3. The molecule has 0 aliphatic heterocycles. The van der Waals surface area contributed by atoms with Crippen LogP contribution in [0.5, 0.6) is 0 Å². The number of ether oxygens (including phenoxy) is 3. The quantitative estimate of drug-likeness (QED) is 0.0576. The lowest BCUT2D eigenvalue weighted by Gasteiger charge is -2.37. The molecule has 3 aromatic heterocycles. The number of hydrogen-bond donors (Lipinski definition) is 0. The van der Waals surface area contributed by atoms with Gasteiger partial charge in [-0.3, -0.25) is 0 Å². The number of esters is 3.